The molecule has 0 unspecified atom stereocenters. The summed E-state index contributed by atoms with van der Waals surface area (Å²) >= 11 is 1.37. The predicted octanol–water partition coefficient (Wildman–Crippen LogP) is 2.41. The Hall–Kier alpha value is -2.15. The van der Waals surface area contributed by atoms with Crippen LogP contribution in [0.3, 0.4) is 0 Å². The van der Waals surface area contributed by atoms with Crippen LogP contribution in [0.25, 0.3) is 0 Å². The lowest BCUT2D eigenvalue weighted by atomic mass is 10.2. The Kier molecular flexibility index (Phi) is 4.24. The van der Waals surface area contributed by atoms with E-state index in [0.29, 0.717) is 16.4 Å². The Morgan fingerprint density at radius 2 is 2.09 bits per heavy atom. The topological polar surface area (TPSA) is 76.0 Å². The standard InChI is InChI=1S/C15H18N4O2S/c1-19-13(17-15(21)12-7-4-8-22-12)9-11(18-19)14(20)16-10-5-2-3-6-10/h4,7-10H,2-3,5-6H2,1H3,(H,16,20)(H,17,21). The third-order valence-electron chi connectivity index (χ3n) is 3.79. The molecule has 0 aromatic carbocycles. The summed E-state index contributed by atoms with van der Waals surface area (Å²) in [6, 6.07) is 5.43. The first-order valence-electron chi connectivity index (χ1n) is 7.33. The molecule has 0 saturated heterocycles. The molecule has 1 aliphatic rings. The second-order valence-corrected chi connectivity index (χ2v) is 6.37. The highest BCUT2D eigenvalue weighted by molar-refractivity contribution is 7.12. The highest BCUT2D eigenvalue weighted by Gasteiger charge is 2.20. The maximum Gasteiger partial charge on any atom is 0.272 e. The van der Waals surface area contributed by atoms with E-state index in [4.69, 9.17) is 0 Å². The molecule has 6 nitrogen and oxygen atoms in total. The zero-order valence-electron chi connectivity index (χ0n) is 12.3. The zero-order chi connectivity index (χ0) is 15.5. The van der Waals surface area contributed by atoms with Crippen LogP contribution in [-0.4, -0.2) is 27.6 Å². The molecule has 1 saturated carbocycles. The predicted molar refractivity (Wildman–Crippen MR) is 85.2 cm³/mol. The molecule has 2 heterocycles. The number of amides is 2. The number of hydrogen-bond donors (Lipinski definition) is 2. The molecule has 3 rings (SSSR count). The fraction of sp³-hybridized carbons (Fsp3) is 0.400. The molecule has 2 N–H and O–H groups in total. The Morgan fingerprint density at radius 1 is 1.32 bits per heavy atom. The van der Waals surface area contributed by atoms with Gasteiger partial charge >= 0.3 is 0 Å². The van der Waals surface area contributed by atoms with Gasteiger partial charge in [0.1, 0.15) is 5.82 Å². The van der Waals surface area contributed by atoms with Crippen molar-refractivity contribution in [2.45, 2.75) is 31.7 Å². The Bertz CT molecular complexity index is 672. The Morgan fingerprint density at radius 3 is 2.77 bits per heavy atom. The summed E-state index contributed by atoms with van der Waals surface area (Å²) in [5, 5.41) is 11.8. The van der Waals surface area contributed by atoms with Crippen LogP contribution in [0.1, 0.15) is 45.8 Å². The molecule has 1 fully saturated rings. The van der Waals surface area contributed by atoms with Gasteiger partial charge in [-0.2, -0.15) is 5.10 Å². The normalized spacial score (nSPS) is 15.0. The van der Waals surface area contributed by atoms with Gasteiger partial charge in [-0.15, -0.1) is 11.3 Å². The first kappa shape index (κ1) is 14.8. The minimum Gasteiger partial charge on any atom is -0.348 e. The number of carbonyl (C=O) groups is 2. The number of nitrogens with zero attached hydrogens (tertiary/aromatic N) is 2. The Labute approximate surface area is 132 Å². The van der Waals surface area contributed by atoms with Crippen molar-refractivity contribution in [1.82, 2.24) is 15.1 Å². The van der Waals surface area contributed by atoms with Crippen LogP contribution in [0.15, 0.2) is 23.6 Å². The van der Waals surface area contributed by atoms with Crippen LogP contribution in [-0.2, 0) is 7.05 Å². The van der Waals surface area contributed by atoms with Crippen LogP contribution in [0.2, 0.25) is 0 Å². The first-order chi connectivity index (χ1) is 10.6. The van der Waals surface area contributed by atoms with Gasteiger partial charge in [0.05, 0.1) is 4.88 Å². The molecule has 0 radical (unpaired) electrons. The quantitative estimate of drug-likeness (QED) is 0.909. The molecule has 0 aliphatic heterocycles. The minimum atomic E-state index is -0.194. The van der Waals surface area contributed by atoms with Crippen molar-refractivity contribution in [3.63, 3.8) is 0 Å². The van der Waals surface area contributed by atoms with Crippen molar-refractivity contribution in [1.29, 1.82) is 0 Å². The van der Waals surface area contributed by atoms with Crippen molar-refractivity contribution < 1.29 is 9.59 Å². The third-order valence-corrected chi connectivity index (χ3v) is 4.66. The summed E-state index contributed by atoms with van der Waals surface area (Å²) in [6.45, 7) is 0. The molecule has 116 valence electrons. The molecule has 2 aromatic rings. The highest BCUT2D eigenvalue weighted by Crippen LogP contribution is 2.19. The van der Waals surface area contributed by atoms with Gasteiger partial charge in [-0.05, 0) is 24.3 Å². The van der Waals surface area contributed by atoms with E-state index in [9.17, 15) is 9.59 Å². The number of aromatic nitrogens is 2. The van der Waals surface area contributed by atoms with Gasteiger partial charge in [-0.3, -0.25) is 14.3 Å². The lowest BCUT2D eigenvalue weighted by Crippen LogP contribution is -2.32. The van der Waals surface area contributed by atoms with Crippen molar-refractivity contribution in [3.8, 4) is 0 Å². The summed E-state index contributed by atoms with van der Waals surface area (Å²) in [5.74, 6) is 0.134. The molecular weight excluding hydrogens is 300 g/mol. The van der Waals surface area contributed by atoms with Crippen molar-refractivity contribution in [2.24, 2.45) is 7.05 Å². The van der Waals surface area contributed by atoms with E-state index in [1.165, 1.54) is 16.0 Å². The monoisotopic (exact) mass is 318 g/mol. The molecule has 0 atom stereocenters. The largest absolute Gasteiger partial charge is 0.348 e. The number of rotatable bonds is 4. The number of aryl methyl sites for hydroxylation is 1. The second kappa shape index (κ2) is 6.31. The average Bonchev–Trinajstić information content (AvgIpc) is 3.21. The van der Waals surface area contributed by atoms with Crippen LogP contribution >= 0.6 is 11.3 Å². The molecule has 0 bridgehead atoms. The van der Waals surface area contributed by atoms with Gasteiger partial charge in [0.2, 0.25) is 0 Å². The molecule has 1 aliphatic carbocycles. The fourth-order valence-corrected chi connectivity index (χ4v) is 3.23. The van der Waals surface area contributed by atoms with Crippen molar-refractivity contribution in [3.05, 3.63) is 34.2 Å². The number of hydrogen-bond acceptors (Lipinski definition) is 4. The zero-order valence-corrected chi connectivity index (χ0v) is 13.2. The fourth-order valence-electron chi connectivity index (χ4n) is 2.61. The second-order valence-electron chi connectivity index (χ2n) is 5.42. The molecule has 2 amide bonds. The molecule has 7 heteroatoms. The summed E-state index contributed by atoms with van der Waals surface area (Å²) in [6.07, 6.45) is 4.38. The van der Waals surface area contributed by atoms with Gasteiger partial charge in [0, 0.05) is 19.2 Å². The number of thiophene rings is 1. The maximum absolute atomic E-state index is 12.2. The molecule has 2 aromatic heterocycles. The van der Waals surface area contributed by atoms with E-state index in [2.05, 4.69) is 15.7 Å². The van der Waals surface area contributed by atoms with Crippen LogP contribution in [0, 0.1) is 0 Å². The van der Waals surface area contributed by atoms with E-state index >= 15 is 0 Å². The Balaban J connectivity index is 1.67. The van der Waals surface area contributed by atoms with Gasteiger partial charge < -0.3 is 10.6 Å². The lowest BCUT2D eigenvalue weighted by molar-refractivity contribution is 0.0931. The van der Waals surface area contributed by atoms with Gasteiger partial charge in [0.25, 0.3) is 11.8 Å². The van der Waals surface area contributed by atoms with Crippen molar-refractivity contribution in [2.75, 3.05) is 5.32 Å². The molecule has 0 spiro atoms. The molecular formula is C15H18N4O2S. The van der Waals surface area contributed by atoms with E-state index in [0.717, 1.165) is 25.7 Å². The average molecular weight is 318 g/mol. The van der Waals surface area contributed by atoms with E-state index in [1.54, 1.807) is 19.2 Å². The van der Waals surface area contributed by atoms with Gasteiger partial charge in [-0.1, -0.05) is 18.9 Å². The number of carbonyl (C=O) groups excluding carboxylic acids is 2. The number of nitrogens with one attached hydrogen (secondary N) is 2. The van der Waals surface area contributed by atoms with E-state index in [-0.39, 0.29) is 17.9 Å². The third kappa shape index (κ3) is 3.19. The highest BCUT2D eigenvalue weighted by atomic mass is 32.1. The van der Waals surface area contributed by atoms with Gasteiger partial charge in [-0.25, -0.2) is 0 Å². The minimum absolute atomic E-state index is 0.181. The smallest absolute Gasteiger partial charge is 0.272 e. The lowest BCUT2D eigenvalue weighted by Gasteiger charge is -2.09. The van der Waals surface area contributed by atoms with E-state index < -0.39 is 0 Å². The summed E-state index contributed by atoms with van der Waals surface area (Å²) in [4.78, 5) is 24.8. The van der Waals surface area contributed by atoms with Crippen LogP contribution < -0.4 is 10.6 Å². The summed E-state index contributed by atoms with van der Waals surface area (Å²) < 4.78 is 1.51. The summed E-state index contributed by atoms with van der Waals surface area (Å²) in [7, 11) is 1.70. The van der Waals surface area contributed by atoms with Crippen molar-refractivity contribution >= 4 is 29.0 Å². The number of anilines is 1. The first-order valence-corrected chi connectivity index (χ1v) is 8.21. The van der Waals surface area contributed by atoms with Gasteiger partial charge in [0.15, 0.2) is 5.69 Å². The van der Waals surface area contributed by atoms with Crippen LogP contribution in [0.5, 0.6) is 0 Å². The maximum atomic E-state index is 12.2. The van der Waals surface area contributed by atoms with E-state index in [1.807, 2.05) is 11.4 Å². The summed E-state index contributed by atoms with van der Waals surface area (Å²) in [5.41, 5.74) is 0.330. The molecule has 22 heavy (non-hydrogen) atoms. The van der Waals surface area contributed by atoms with Crippen LogP contribution in [0.4, 0.5) is 5.82 Å². The SMILES string of the molecule is Cn1nc(C(=O)NC2CCCC2)cc1NC(=O)c1cccs1.